The number of thiazole rings is 1. The number of benzene rings is 1. The Labute approximate surface area is 126 Å². The Morgan fingerprint density at radius 3 is 2.76 bits per heavy atom. The highest BCUT2D eigenvalue weighted by atomic mass is 32.1. The van der Waals surface area contributed by atoms with Crippen molar-refractivity contribution in [2.75, 3.05) is 21.3 Å². The minimum absolute atomic E-state index is 0.262. The van der Waals surface area contributed by atoms with Crippen LogP contribution in [0.5, 0.6) is 11.5 Å². The number of ether oxygens (including phenoxy) is 2. The van der Waals surface area contributed by atoms with Crippen molar-refractivity contribution in [2.24, 2.45) is 0 Å². The lowest BCUT2D eigenvalue weighted by atomic mass is 10.2. The van der Waals surface area contributed by atoms with Crippen LogP contribution in [0, 0.1) is 0 Å². The molecule has 0 unspecified atom stereocenters. The lowest BCUT2D eigenvalue weighted by Gasteiger charge is -2.15. The first kappa shape index (κ1) is 15.3. The molecule has 0 spiro atoms. The number of carbonyl (C=O) groups excluding carboxylic acids is 1. The summed E-state index contributed by atoms with van der Waals surface area (Å²) in [5, 5.41) is 3.06. The van der Waals surface area contributed by atoms with E-state index in [2.05, 4.69) is 4.98 Å². The van der Waals surface area contributed by atoms with Crippen LogP contribution in [-0.2, 0) is 11.4 Å². The van der Waals surface area contributed by atoms with Crippen molar-refractivity contribution in [1.82, 2.24) is 10.0 Å². The smallest absolute Gasteiger partial charge is 0.277 e. The zero-order valence-electron chi connectivity index (χ0n) is 12.0. The van der Waals surface area contributed by atoms with E-state index >= 15 is 0 Å². The summed E-state index contributed by atoms with van der Waals surface area (Å²) < 4.78 is 10.9. The van der Waals surface area contributed by atoms with E-state index in [1.54, 1.807) is 30.8 Å². The Morgan fingerprint density at radius 1 is 1.33 bits per heavy atom. The normalized spacial score (nSPS) is 10.2. The number of hydrogen-bond acceptors (Lipinski definition) is 6. The van der Waals surface area contributed by atoms with Gasteiger partial charge in [-0.3, -0.25) is 9.63 Å². The van der Waals surface area contributed by atoms with Crippen LogP contribution >= 0.6 is 11.3 Å². The monoisotopic (exact) mass is 308 g/mol. The van der Waals surface area contributed by atoms with Crippen LogP contribution in [0.1, 0.15) is 16.1 Å². The first-order chi connectivity index (χ1) is 10.2. The second kappa shape index (κ2) is 7.05. The van der Waals surface area contributed by atoms with Crippen molar-refractivity contribution in [2.45, 2.75) is 6.61 Å². The predicted octanol–water partition coefficient (Wildman–Crippen LogP) is 2.36. The lowest BCUT2D eigenvalue weighted by Crippen LogP contribution is -2.25. The topological polar surface area (TPSA) is 60.9 Å². The zero-order chi connectivity index (χ0) is 15.2. The molecule has 0 bridgehead atoms. The van der Waals surface area contributed by atoms with E-state index < -0.39 is 0 Å². The van der Waals surface area contributed by atoms with Gasteiger partial charge in [-0.25, -0.2) is 10.0 Å². The number of carbonyl (C=O) groups is 1. The third-order valence-electron chi connectivity index (χ3n) is 2.83. The molecule has 2 aromatic rings. The number of hydroxylamine groups is 2. The average Bonchev–Trinajstić information content (AvgIpc) is 3.04. The fourth-order valence-corrected chi connectivity index (χ4v) is 2.19. The van der Waals surface area contributed by atoms with Gasteiger partial charge in [-0.15, -0.1) is 11.3 Å². The van der Waals surface area contributed by atoms with E-state index in [1.165, 1.54) is 25.6 Å². The number of methoxy groups -OCH3 is 1. The molecule has 112 valence electrons. The van der Waals surface area contributed by atoms with Crippen LogP contribution in [0.15, 0.2) is 29.1 Å². The van der Waals surface area contributed by atoms with E-state index in [4.69, 9.17) is 14.3 Å². The second-order valence-corrected chi connectivity index (χ2v) is 4.84. The average molecular weight is 308 g/mol. The predicted molar refractivity (Wildman–Crippen MR) is 78.5 cm³/mol. The maximum absolute atomic E-state index is 12.0. The van der Waals surface area contributed by atoms with Crippen molar-refractivity contribution in [1.29, 1.82) is 0 Å². The van der Waals surface area contributed by atoms with Crippen molar-refractivity contribution >= 4 is 17.2 Å². The highest BCUT2D eigenvalue weighted by Crippen LogP contribution is 2.29. The third kappa shape index (κ3) is 3.71. The van der Waals surface area contributed by atoms with Crippen LogP contribution in [0.4, 0.5) is 0 Å². The molecule has 0 atom stereocenters. The SMILES string of the molecule is COc1cc(C(=O)N(C)OC)ccc1OCc1cscn1. The standard InChI is InChI=1S/C14H16N2O4S/c1-16(19-3)14(17)10-4-5-12(13(6-10)18-2)20-7-11-8-21-9-15-11/h4-6,8-9H,7H2,1-3H3. The van der Waals surface area contributed by atoms with Gasteiger partial charge >= 0.3 is 0 Å². The fourth-order valence-electron chi connectivity index (χ4n) is 1.65. The highest BCUT2D eigenvalue weighted by Gasteiger charge is 2.15. The Bertz CT molecular complexity index is 601. The van der Waals surface area contributed by atoms with Crippen molar-refractivity contribution in [3.63, 3.8) is 0 Å². The molecule has 1 aromatic heterocycles. The van der Waals surface area contributed by atoms with Gasteiger partial charge in [0.15, 0.2) is 11.5 Å². The zero-order valence-corrected chi connectivity index (χ0v) is 12.8. The first-order valence-corrected chi connectivity index (χ1v) is 7.10. The Morgan fingerprint density at radius 2 is 2.14 bits per heavy atom. The first-order valence-electron chi connectivity index (χ1n) is 6.15. The number of rotatable bonds is 6. The van der Waals surface area contributed by atoms with Gasteiger partial charge in [0.05, 0.1) is 25.4 Å². The van der Waals surface area contributed by atoms with Gasteiger partial charge in [-0.1, -0.05) is 0 Å². The number of amides is 1. The lowest BCUT2D eigenvalue weighted by molar-refractivity contribution is -0.0757. The Balaban J connectivity index is 2.14. The van der Waals surface area contributed by atoms with E-state index in [-0.39, 0.29) is 5.91 Å². The number of aromatic nitrogens is 1. The summed E-state index contributed by atoms with van der Waals surface area (Å²) in [5.74, 6) is 0.782. The number of nitrogens with zero attached hydrogens (tertiary/aromatic N) is 2. The van der Waals surface area contributed by atoms with Crippen molar-refractivity contribution < 1.29 is 19.1 Å². The second-order valence-electron chi connectivity index (χ2n) is 4.12. The molecule has 0 aliphatic carbocycles. The summed E-state index contributed by atoms with van der Waals surface area (Å²) in [5.41, 5.74) is 3.05. The summed E-state index contributed by atoms with van der Waals surface area (Å²) in [6, 6.07) is 4.98. The molecule has 0 saturated carbocycles. The largest absolute Gasteiger partial charge is 0.493 e. The molecule has 0 radical (unpaired) electrons. The molecular formula is C14H16N2O4S. The minimum Gasteiger partial charge on any atom is -0.493 e. The van der Waals surface area contributed by atoms with Crippen LogP contribution in [-0.4, -0.2) is 37.2 Å². The molecule has 2 rings (SSSR count). The molecule has 1 aromatic carbocycles. The van der Waals surface area contributed by atoms with Crippen LogP contribution < -0.4 is 9.47 Å². The van der Waals surface area contributed by atoms with Gasteiger partial charge in [0.25, 0.3) is 5.91 Å². The van der Waals surface area contributed by atoms with Crippen LogP contribution in [0.2, 0.25) is 0 Å². The van der Waals surface area contributed by atoms with Gasteiger partial charge in [0.1, 0.15) is 6.61 Å². The molecule has 7 heteroatoms. The van der Waals surface area contributed by atoms with Crippen molar-refractivity contribution in [3.05, 3.63) is 40.3 Å². The molecule has 0 saturated heterocycles. The van der Waals surface area contributed by atoms with E-state index in [1.807, 2.05) is 5.38 Å². The van der Waals surface area contributed by atoms with Gasteiger partial charge in [-0.05, 0) is 18.2 Å². The summed E-state index contributed by atoms with van der Waals surface area (Å²) in [7, 11) is 4.50. The maximum Gasteiger partial charge on any atom is 0.277 e. The highest BCUT2D eigenvalue weighted by molar-refractivity contribution is 7.07. The maximum atomic E-state index is 12.0. The molecule has 21 heavy (non-hydrogen) atoms. The third-order valence-corrected chi connectivity index (χ3v) is 3.46. The fraction of sp³-hybridized carbons (Fsp3) is 0.286. The van der Waals surface area contributed by atoms with Gasteiger partial charge in [0.2, 0.25) is 0 Å². The minimum atomic E-state index is -0.262. The van der Waals surface area contributed by atoms with Gasteiger partial charge in [0, 0.05) is 18.0 Å². The van der Waals surface area contributed by atoms with E-state index in [0.717, 1.165) is 10.8 Å². The summed E-state index contributed by atoms with van der Waals surface area (Å²) in [6.45, 7) is 0.352. The van der Waals surface area contributed by atoms with Crippen LogP contribution in [0.25, 0.3) is 0 Å². The van der Waals surface area contributed by atoms with Gasteiger partial charge < -0.3 is 9.47 Å². The summed E-state index contributed by atoms with van der Waals surface area (Å²) >= 11 is 1.51. The summed E-state index contributed by atoms with van der Waals surface area (Å²) in [4.78, 5) is 21.0. The molecule has 6 nitrogen and oxygen atoms in total. The number of hydrogen-bond donors (Lipinski definition) is 0. The van der Waals surface area contributed by atoms with Crippen LogP contribution in [0.3, 0.4) is 0 Å². The molecular weight excluding hydrogens is 292 g/mol. The molecule has 0 aliphatic heterocycles. The molecule has 1 amide bonds. The molecule has 0 aliphatic rings. The van der Waals surface area contributed by atoms with Gasteiger partial charge in [-0.2, -0.15) is 0 Å². The molecule has 1 heterocycles. The molecule has 0 N–H and O–H groups in total. The van der Waals surface area contributed by atoms with E-state index in [0.29, 0.717) is 23.7 Å². The van der Waals surface area contributed by atoms with Crippen molar-refractivity contribution in [3.8, 4) is 11.5 Å². The molecule has 0 fully saturated rings. The quantitative estimate of drug-likeness (QED) is 0.767. The summed E-state index contributed by atoms with van der Waals surface area (Å²) in [6.07, 6.45) is 0. The van der Waals surface area contributed by atoms with E-state index in [9.17, 15) is 4.79 Å². The Kier molecular flexibility index (Phi) is 5.13. The Hall–Kier alpha value is -2.12.